The second-order valence-corrected chi connectivity index (χ2v) is 8.96. The Labute approximate surface area is 109 Å². The van der Waals surface area contributed by atoms with Crippen LogP contribution in [0.2, 0.25) is 0 Å². The van der Waals surface area contributed by atoms with Crippen LogP contribution in [-0.2, 0) is 0 Å². The summed E-state index contributed by atoms with van der Waals surface area (Å²) in [7, 11) is 0. The topological polar surface area (TPSA) is 0 Å². The lowest BCUT2D eigenvalue weighted by Crippen LogP contribution is -2.36. The Morgan fingerprint density at radius 1 is 0.824 bits per heavy atom. The van der Waals surface area contributed by atoms with Crippen LogP contribution in [0.5, 0.6) is 0 Å². The molecule has 0 heterocycles. The van der Waals surface area contributed by atoms with Gasteiger partial charge in [0.15, 0.2) is 0 Å². The molecule has 0 saturated carbocycles. The van der Waals surface area contributed by atoms with Crippen LogP contribution in [0.25, 0.3) is 0 Å². The minimum Gasteiger partial charge on any atom is -0.0842 e. The molecule has 0 spiro atoms. The fourth-order valence-corrected chi connectivity index (χ4v) is 3.43. The molecule has 2 unspecified atom stereocenters. The smallest absolute Gasteiger partial charge is 0.0113 e. The largest absolute Gasteiger partial charge is 0.0842 e. The fourth-order valence-electron chi connectivity index (χ4n) is 3.43. The molecular weight excluding hydrogens is 204 g/mol. The van der Waals surface area contributed by atoms with Crippen molar-refractivity contribution in [2.45, 2.75) is 68.7 Å². The van der Waals surface area contributed by atoms with E-state index in [4.69, 9.17) is 0 Å². The zero-order valence-corrected chi connectivity index (χ0v) is 13.4. The highest BCUT2D eigenvalue weighted by Gasteiger charge is 2.45. The molecule has 0 aromatic heterocycles. The van der Waals surface area contributed by atoms with Gasteiger partial charge in [0, 0.05) is 0 Å². The first kappa shape index (κ1) is 14.8. The van der Waals surface area contributed by atoms with E-state index in [1.165, 1.54) is 6.42 Å². The Morgan fingerprint density at radius 3 is 1.59 bits per heavy atom. The van der Waals surface area contributed by atoms with Crippen LogP contribution in [0.1, 0.15) is 68.7 Å². The summed E-state index contributed by atoms with van der Waals surface area (Å²) in [6, 6.07) is 0. The van der Waals surface area contributed by atoms with Crippen LogP contribution < -0.4 is 0 Å². The molecule has 0 bridgehead atoms. The summed E-state index contributed by atoms with van der Waals surface area (Å²) < 4.78 is 0. The van der Waals surface area contributed by atoms with Gasteiger partial charge in [-0.2, -0.15) is 0 Å². The van der Waals surface area contributed by atoms with Gasteiger partial charge in [0.05, 0.1) is 0 Å². The molecule has 0 aliphatic heterocycles. The van der Waals surface area contributed by atoms with Crippen LogP contribution in [0.3, 0.4) is 0 Å². The van der Waals surface area contributed by atoms with Crippen LogP contribution in [0.4, 0.5) is 0 Å². The van der Waals surface area contributed by atoms with Gasteiger partial charge in [0.25, 0.3) is 0 Å². The van der Waals surface area contributed by atoms with Gasteiger partial charge < -0.3 is 0 Å². The normalized spacial score (nSPS) is 27.2. The lowest BCUT2D eigenvalue weighted by Gasteiger charge is -2.44. The number of allylic oxidation sites excluding steroid dienone is 2. The Bertz CT molecular complexity index is 298. The molecule has 0 aromatic carbocycles. The Morgan fingerprint density at radius 2 is 1.29 bits per heavy atom. The van der Waals surface area contributed by atoms with Gasteiger partial charge in [-0.05, 0) is 34.5 Å². The molecule has 0 fully saturated rings. The van der Waals surface area contributed by atoms with Crippen molar-refractivity contribution in [2.75, 3.05) is 0 Å². The summed E-state index contributed by atoms with van der Waals surface area (Å²) in [6.45, 7) is 21.5. The summed E-state index contributed by atoms with van der Waals surface area (Å²) in [5.41, 5.74) is 2.78. The van der Waals surface area contributed by atoms with Crippen molar-refractivity contribution in [3.8, 4) is 0 Å². The summed E-state index contributed by atoms with van der Waals surface area (Å²) in [4.78, 5) is 0. The highest BCUT2D eigenvalue weighted by molar-refractivity contribution is 5.24. The average molecular weight is 236 g/mol. The standard InChI is InChI=1S/C17H32/c1-15(2,3)12-10-11-13(16(4,5)6)14(12)17(7,8)9/h10,13-14H,11H2,1-9H3. The second-order valence-electron chi connectivity index (χ2n) is 8.96. The molecule has 1 rings (SSSR count). The maximum absolute atomic E-state index is 2.53. The molecule has 0 nitrogen and oxygen atoms in total. The lowest BCUT2D eigenvalue weighted by molar-refractivity contribution is 0.101. The van der Waals surface area contributed by atoms with Crippen LogP contribution >= 0.6 is 0 Å². The van der Waals surface area contributed by atoms with Crippen molar-refractivity contribution >= 4 is 0 Å². The maximum atomic E-state index is 2.53. The summed E-state index contributed by atoms with van der Waals surface area (Å²) >= 11 is 0. The van der Waals surface area contributed by atoms with Crippen molar-refractivity contribution in [1.29, 1.82) is 0 Å². The van der Waals surface area contributed by atoms with E-state index in [9.17, 15) is 0 Å². The third kappa shape index (κ3) is 3.14. The molecule has 100 valence electrons. The minimum absolute atomic E-state index is 0.317. The molecule has 0 saturated heterocycles. The molecule has 0 radical (unpaired) electrons. The molecule has 0 N–H and O–H groups in total. The van der Waals surface area contributed by atoms with Crippen LogP contribution in [0, 0.1) is 28.1 Å². The lowest BCUT2D eigenvalue weighted by atomic mass is 9.61. The summed E-state index contributed by atoms with van der Waals surface area (Å²) in [5, 5.41) is 0. The van der Waals surface area contributed by atoms with E-state index in [2.05, 4.69) is 68.4 Å². The van der Waals surface area contributed by atoms with Crippen LogP contribution in [-0.4, -0.2) is 0 Å². The first-order chi connectivity index (χ1) is 7.35. The Balaban J connectivity index is 3.14. The van der Waals surface area contributed by atoms with Gasteiger partial charge in [-0.15, -0.1) is 0 Å². The van der Waals surface area contributed by atoms with E-state index in [-0.39, 0.29) is 0 Å². The van der Waals surface area contributed by atoms with Crippen LogP contribution in [0.15, 0.2) is 11.6 Å². The zero-order chi connectivity index (χ0) is 13.6. The molecule has 0 heteroatoms. The van der Waals surface area contributed by atoms with E-state index in [1.54, 1.807) is 5.57 Å². The average Bonchev–Trinajstić information content (AvgIpc) is 2.42. The summed E-state index contributed by atoms with van der Waals surface area (Å²) in [6.07, 6.45) is 3.80. The molecule has 2 atom stereocenters. The quantitative estimate of drug-likeness (QED) is 0.474. The zero-order valence-electron chi connectivity index (χ0n) is 13.4. The third-order valence-corrected chi connectivity index (χ3v) is 4.24. The SMILES string of the molecule is CC(C)(C)C1=CCC(C(C)(C)C)C1C(C)(C)C. The van der Waals surface area contributed by atoms with E-state index in [0.29, 0.717) is 16.2 Å². The summed E-state index contributed by atoms with van der Waals surface area (Å²) in [5.74, 6) is 1.51. The van der Waals surface area contributed by atoms with Crippen molar-refractivity contribution in [1.82, 2.24) is 0 Å². The molecule has 0 amide bonds. The number of rotatable bonds is 0. The van der Waals surface area contributed by atoms with Crippen molar-refractivity contribution < 1.29 is 0 Å². The molecular formula is C17H32. The van der Waals surface area contributed by atoms with Crippen molar-refractivity contribution in [3.63, 3.8) is 0 Å². The van der Waals surface area contributed by atoms with E-state index in [0.717, 1.165) is 11.8 Å². The highest BCUT2D eigenvalue weighted by atomic mass is 14.5. The van der Waals surface area contributed by atoms with E-state index < -0.39 is 0 Å². The molecule has 1 aliphatic rings. The number of hydrogen-bond donors (Lipinski definition) is 0. The molecule has 0 aromatic rings. The van der Waals surface area contributed by atoms with Gasteiger partial charge in [0.1, 0.15) is 0 Å². The van der Waals surface area contributed by atoms with Gasteiger partial charge >= 0.3 is 0 Å². The first-order valence-corrected chi connectivity index (χ1v) is 7.05. The van der Waals surface area contributed by atoms with E-state index in [1.807, 2.05) is 0 Å². The van der Waals surface area contributed by atoms with Gasteiger partial charge in [-0.25, -0.2) is 0 Å². The minimum atomic E-state index is 0.317. The first-order valence-electron chi connectivity index (χ1n) is 7.05. The Hall–Kier alpha value is -0.260. The predicted molar refractivity (Wildman–Crippen MR) is 78.0 cm³/mol. The predicted octanol–water partition coefficient (Wildman–Crippen LogP) is 5.69. The second kappa shape index (κ2) is 4.14. The highest BCUT2D eigenvalue weighted by Crippen LogP contribution is 2.54. The monoisotopic (exact) mass is 236 g/mol. The van der Waals surface area contributed by atoms with Gasteiger partial charge in [0.2, 0.25) is 0 Å². The number of hydrogen-bond acceptors (Lipinski definition) is 0. The van der Waals surface area contributed by atoms with Crippen molar-refractivity contribution in [3.05, 3.63) is 11.6 Å². The molecule has 17 heavy (non-hydrogen) atoms. The van der Waals surface area contributed by atoms with E-state index >= 15 is 0 Å². The van der Waals surface area contributed by atoms with Crippen molar-refractivity contribution in [2.24, 2.45) is 28.1 Å². The fraction of sp³-hybridized carbons (Fsp3) is 0.882. The molecule has 1 aliphatic carbocycles. The van der Waals surface area contributed by atoms with Gasteiger partial charge in [-0.1, -0.05) is 74.0 Å². The Kier molecular flexibility index (Phi) is 3.60. The third-order valence-electron chi connectivity index (χ3n) is 4.24. The maximum Gasteiger partial charge on any atom is -0.0113 e. The van der Waals surface area contributed by atoms with Gasteiger partial charge in [-0.3, -0.25) is 0 Å².